The van der Waals surface area contributed by atoms with Gasteiger partial charge in [0.1, 0.15) is 0 Å². The van der Waals surface area contributed by atoms with Gasteiger partial charge in [-0.1, -0.05) is 60.7 Å². The SMILES string of the molecule is c1ccc(CCC2CC23CC3CCc2ccccc2)cc1. The standard InChI is InChI=1S/C21H24/c1-3-7-17(8-4-1)11-13-19-15-21(19)16-20(21)14-12-18-9-5-2-6-10-18/h1-10,19-20H,11-16H2. The maximum Gasteiger partial charge on any atom is -0.0235 e. The second-order valence-electron chi connectivity index (χ2n) is 7.08. The minimum atomic E-state index is 0.795. The maximum atomic E-state index is 2.27. The van der Waals surface area contributed by atoms with Gasteiger partial charge in [0.2, 0.25) is 0 Å². The third-order valence-corrected chi connectivity index (χ3v) is 5.81. The molecule has 0 bridgehead atoms. The summed E-state index contributed by atoms with van der Waals surface area (Å²) in [6.45, 7) is 0. The molecule has 2 atom stereocenters. The van der Waals surface area contributed by atoms with E-state index in [1.54, 1.807) is 0 Å². The van der Waals surface area contributed by atoms with Crippen molar-refractivity contribution in [3.8, 4) is 0 Å². The van der Waals surface area contributed by atoms with Gasteiger partial charge in [-0.2, -0.15) is 0 Å². The fraction of sp³-hybridized carbons (Fsp3) is 0.429. The van der Waals surface area contributed by atoms with Gasteiger partial charge >= 0.3 is 0 Å². The number of rotatable bonds is 6. The van der Waals surface area contributed by atoms with Crippen molar-refractivity contribution < 1.29 is 0 Å². The van der Waals surface area contributed by atoms with Crippen LogP contribution in [0.1, 0.15) is 36.8 Å². The summed E-state index contributed by atoms with van der Waals surface area (Å²) < 4.78 is 0. The van der Waals surface area contributed by atoms with Gasteiger partial charge in [0.25, 0.3) is 0 Å². The highest BCUT2D eigenvalue weighted by atomic mass is 14.7. The van der Waals surface area contributed by atoms with Crippen LogP contribution in [0.2, 0.25) is 0 Å². The van der Waals surface area contributed by atoms with Crippen LogP contribution in [-0.2, 0) is 12.8 Å². The first-order valence-corrected chi connectivity index (χ1v) is 8.45. The van der Waals surface area contributed by atoms with Crippen LogP contribution in [-0.4, -0.2) is 0 Å². The Morgan fingerprint density at radius 3 is 1.52 bits per heavy atom. The van der Waals surface area contributed by atoms with Crippen molar-refractivity contribution in [3.05, 3.63) is 71.8 Å². The molecule has 2 aromatic rings. The van der Waals surface area contributed by atoms with Crippen molar-refractivity contribution in [2.24, 2.45) is 17.3 Å². The Morgan fingerprint density at radius 1 is 0.667 bits per heavy atom. The Morgan fingerprint density at radius 2 is 1.10 bits per heavy atom. The van der Waals surface area contributed by atoms with Crippen LogP contribution < -0.4 is 0 Å². The molecule has 2 saturated carbocycles. The lowest BCUT2D eigenvalue weighted by Crippen LogP contribution is -1.92. The fourth-order valence-corrected chi connectivity index (χ4v) is 4.30. The van der Waals surface area contributed by atoms with Crippen LogP contribution in [0.15, 0.2) is 60.7 Å². The zero-order valence-corrected chi connectivity index (χ0v) is 12.7. The normalized spacial score (nSPS) is 29.5. The first-order valence-electron chi connectivity index (χ1n) is 8.45. The molecule has 2 aliphatic carbocycles. The number of hydrogen-bond donors (Lipinski definition) is 0. The van der Waals surface area contributed by atoms with Crippen LogP contribution in [0.3, 0.4) is 0 Å². The molecule has 0 radical (unpaired) electrons. The summed E-state index contributed by atoms with van der Waals surface area (Å²) in [5.41, 5.74) is 3.82. The Balaban J connectivity index is 1.23. The molecule has 108 valence electrons. The summed E-state index contributed by atoms with van der Waals surface area (Å²) in [6.07, 6.45) is 8.40. The van der Waals surface area contributed by atoms with Crippen LogP contribution in [0, 0.1) is 17.3 Å². The van der Waals surface area contributed by atoms with Gasteiger partial charge in [0, 0.05) is 0 Å². The molecule has 1 spiro atoms. The fourth-order valence-electron chi connectivity index (χ4n) is 4.30. The average molecular weight is 276 g/mol. The molecule has 0 nitrogen and oxygen atoms in total. The maximum absolute atomic E-state index is 2.27. The van der Waals surface area contributed by atoms with E-state index in [9.17, 15) is 0 Å². The molecular formula is C21H24. The minimum Gasteiger partial charge on any atom is -0.0622 e. The van der Waals surface area contributed by atoms with E-state index in [0.717, 1.165) is 17.3 Å². The molecule has 0 N–H and O–H groups in total. The van der Waals surface area contributed by atoms with Crippen LogP contribution in [0.4, 0.5) is 0 Å². The third kappa shape index (κ3) is 2.77. The van der Waals surface area contributed by atoms with Gasteiger partial charge < -0.3 is 0 Å². The summed E-state index contributed by atoms with van der Waals surface area (Å²) in [5, 5.41) is 0. The number of hydrogen-bond acceptors (Lipinski definition) is 0. The molecule has 2 unspecified atom stereocenters. The summed E-state index contributed by atoms with van der Waals surface area (Å²) >= 11 is 0. The Labute approximate surface area is 128 Å². The van der Waals surface area contributed by atoms with Crippen molar-refractivity contribution in [2.75, 3.05) is 0 Å². The molecule has 2 aromatic carbocycles. The zero-order chi connectivity index (χ0) is 14.1. The van der Waals surface area contributed by atoms with E-state index in [1.807, 2.05) is 0 Å². The van der Waals surface area contributed by atoms with Crippen LogP contribution in [0.5, 0.6) is 0 Å². The van der Waals surface area contributed by atoms with Crippen molar-refractivity contribution in [1.82, 2.24) is 0 Å². The van der Waals surface area contributed by atoms with Gasteiger partial charge in [0.05, 0.1) is 0 Å². The highest BCUT2D eigenvalue weighted by Crippen LogP contribution is 2.76. The minimum absolute atomic E-state index is 0.795. The summed E-state index contributed by atoms with van der Waals surface area (Å²) in [7, 11) is 0. The van der Waals surface area contributed by atoms with E-state index in [1.165, 1.54) is 49.7 Å². The van der Waals surface area contributed by atoms with Crippen LogP contribution in [0.25, 0.3) is 0 Å². The van der Waals surface area contributed by atoms with E-state index in [0.29, 0.717) is 0 Å². The van der Waals surface area contributed by atoms with Gasteiger partial charge in [-0.05, 0) is 66.9 Å². The van der Waals surface area contributed by atoms with Gasteiger partial charge in [-0.25, -0.2) is 0 Å². The molecule has 2 fully saturated rings. The monoisotopic (exact) mass is 276 g/mol. The van der Waals surface area contributed by atoms with Gasteiger partial charge in [-0.3, -0.25) is 0 Å². The van der Waals surface area contributed by atoms with E-state index in [-0.39, 0.29) is 0 Å². The molecule has 0 saturated heterocycles. The Hall–Kier alpha value is -1.56. The molecule has 21 heavy (non-hydrogen) atoms. The average Bonchev–Trinajstić information content (AvgIpc) is 3.44. The lowest BCUT2D eigenvalue weighted by atomic mass is 10.0. The quantitative estimate of drug-likeness (QED) is 0.673. The smallest absolute Gasteiger partial charge is 0.0235 e. The first kappa shape index (κ1) is 13.1. The lowest BCUT2D eigenvalue weighted by molar-refractivity contribution is 0.569. The summed E-state index contributed by atoms with van der Waals surface area (Å²) in [5.74, 6) is 2.05. The second-order valence-corrected chi connectivity index (χ2v) is 7.08. The van der Waals surface area contributed by atoms with Crippen molar-refractivity contribution in [3.63, 3.8) is 0 Å². The van der Waals surface area contributed by atoms with E-state index in [2.05, 4.69) is 60.7 Å². The van der Waals surface area contributed by atoms with Crippen molar-refractivity contribution >= 4 is 0 Å². The van der Waals surface area contributed by atoms with E-state index < -0.39 is 0 Å². The largest absolute Gasteiger partial charge is 0.0622 e. The van der Waals surface area contributed by atoms with Crippen LogP contribution >= 0.6 is 0 Å². The van der Waals surface area contributed by atoms with Gasteiger partial charge in [-0.15, -0.1) is 0 Å². The topological polar surface area (TPSA) is 0 Å². The molecule has 0 amide bonds. The molecule has 0 heterocycles. The number of aryl methyl sites for hydroxylation is 2. The highest BCUT2D eigenvalue weighted by Gasteiger charge is 2.68. The molecule has 4 rings (SSSR count). The molecule has 0 aliphatic heterocycles. The zero-order valence-electron chi connectivity index (χ0n) is 12.7. The Kier molecular flexibility index (Phi) is 3.33. The van der Waals surface area contributed by atoms with Crippen molar-refractivity contribution in [2.45, 2.75) is 38.5 Å². The lowest BCUT2D eigenvalue weighted by Gasteiger charge is -2.02. The summed E-state index contributed by atoms with van der Waals surface area (Å²) in [6, 6.07) is 22.0. The molecule has 0 aromatic heterocycles. The summed E-state index contributed by atoms with van der Waals surface area (Å²) in [4.78, 5) is 0. The molecular weight excluding hydrogens is 252 g/mol. The number of benzene rings is 2. The second kappa shape index (κ2) is 5.33. The molecule has 0 heteroatoms. The third-order valence-electron chi connectivity index (χ3n) is 5.81. The first-order chi connectivity index (χ1) is 10.4. The predicted octanol–water partition coefficient (Wildman–Crippen LogP) is 5.28. The Bertz CT molecular complexity index is 528. The van der Waals surface area contributed by atoms with Crippen molar-refractivity contribution in [1.29, 1.82) is 0 Å². The highest BCUT2D eigenvalue weighted by molar-refractivity contribution is 5.22. The van der Waals surface area contributed by atoms with E-state index >= 15 is 0 Å². The van der Waals surface area contributed by atoms with Gasteiger partial charge in [0.15, 0.2) is 0 Å². The van der Waals surface area contributed by atoms with E-state index in [4.69, 9.17) is 0 Å². The predicted molar refractivity (Wildman–Crippen MR) is 88.2 cm³/mol. The molecule has 2 aliphatic rings.